The molecular weight excluding hydrogens is 347 g/mol. The van der Waals surface area contributed by atoms with Gasteiger partial charge in [0.1, 0.15) is 5.58 Å². The lowest BCUT2D eigenvalue weighted by molar-refractivity contribution is -0.170. The highest BCUT2D eigenvalue weighted by molar-refractivity contribution is 5.98. The number of para-hydroxylation sites is 1. The van der Waals surface area contributed by atoms with Crippen molar-refractivity contribution < 1.29 is 22.4 Å². The van der Waals surface area contributed by atoms with Crippen LogP contribution in [0.1, 0.15) is 5.56 Å². The average molecular weight is 361 g/mol. The summed E-state index contributed by atoms with van der Waals surface area (Å²) in [5.41, 5.74) is 0.919. The second-order valence-corrected chi connectivity index (χ2v) is 5.85. The molecule has 134 valence electrons. The van der Waals surface area contributed by atoms with E-state index in [0.717, 1.165) is 7.05 Å². The fourth-order valence-corrected chi connectivity index (χ4v) is 2.70. The van der Waals surface area contributed by atoms with Crippen LogP contribution in [0.2, 0.25) is 0 Å². The number of alkyl halides is 3. The summed E-state index contributed by atoms with van der Waals surface area (Å²) in [6.07, 6.45) is -4.99. The molecule has 0 atom stereocenters. The van der Waals surface area contributed by atoms with E-state index >= 15 is 0 Å². The number of anilines is 1. The monoisotopic (exact) mass is 361 g/mol. The van der Waals surface area contributed by atoms with E-state index in [9.17, 15) is 22.8 Å². The first-order valence-electron chi connectivity index (χ1n) is 7.67. The minimum Gasteiger partial charge on any atom is -0.422 e. The first kappa shape index (κ1) is 17.7. The summed E-state index contributed by atoms with van der Waals surface area (Å²) in [6, 6.07) is 13.1. The van der Waals surface area contributed by atoms with Crippen molar-refractivity contribution in [3.8, 4) is 11.1 Å². The van der Waals surface area contributed by atoms with E-state index in [0.29, 0.717) is 27.0 Å². The Morgan fingerprint density at radius 3 is 2.46 bits per heavy atom. The molecule has 0 spiro atoms. The van der Waals surface area contributed by atoms with Crippen LogP contribution in [-0.2, 0) is 4.79 Å². The molecule has 1 heterocycles. The third kappa shape index (κ3) is 3.20. The standard InChI is InChI=1S/C19H14F3NO3/c1-11-7-8-12(10-15(11)23(2)18(25)19(20,21)22)14-9-13-5-3-4-6-16(13)26-17(14)24/h3-10H,1-2H3. The van der Waals surface area contributed by atoms with E-state index in [1.165, 1.54) is 6.07 Å². The van der Waals surface area contributed by atoms with E-state index in [-0.39, 0.29) is 11.3 Å². The van der Waals surface area contributed by atoms with Gasteiger partial charge in [0.2, 0.25) is 0 Å². The van der Waals surface area contributed by atoms with Gasteiger partial charge >= 0.3 is 17.7 Å². The lowest BCUT2D eigenvalue weighted by Gasteiger charge is -2.21. The van der Waals surface area contributed by atoms with Crippen molar-refractivity contribution in [3.05, 3.63) is 64.5 Å². The van der Waals surface area contributed by atoms with E-state index < -0.39 is 17.7 Å². The van der Waals surface area contributed by atoms with Crippen molar-refractivity contribution in [1.29, 1.82) is 0 Å². The van der Waals surface area contributed by atoms with Crippen LogP contribution < -0.4 is 10.5 Å². The van der Waals surface area contributed by atoms with Crippen molar-refractivity contribution >= 4 is 22.6 Å². The summed E-state index contributed by atoms with van der Waals surface area (Å²) in [6.45, 7) is 1.59. The highest BCUT2D eigenvalue weighted by Gasteiger charge is 2.42. The summed E-state index contributed by atoms with van der Waals surface area (Å²) < 4.78 is 43.4. The number of carbonyl (C=O) groups excluding carboxylic acids is 1. The number of benzene rings is 2. The minimum absolute atomic E-state index is 0.0670. The molecule has 4 nitrogen and oxygen atoms in total. The molecule has 0 bridgehead atoms. The zero-order valence-corrected chi connectivity index (χ0v) is 13.9. The number of amides is 1. The van der Waals surface area contributed by atoms with Crippen LogP contribution in [0.3, 0.4) is 0 Å². The number of aryl methyl sites for hydroxylation is 1. The van der Waals surface area contributed by atoms with E-state index in [1.807, 2.05) is 0 Å². The van der Waals surface area contributed by atoms with Crippen LogP contribution in [-0.4, -0.2) is 19.1 Å². The molecular formula is C19H14F3NO3. The van der Waals surface area contributed by atoms with Crippen LogP contribution in [0.5, 0.6) is 0 Å². The number of hydrogen-bond acceptors (Lipinski definition) is 3. The van der Waals surface area contributed by atoms with Gasteiger partial charge in [-0.25, -0.2) is 4.79 Å². The van der Waals surface area contributed by atoms with E-state index in [4.69, 9.17) is 4.42 Å². The van der Waals surface area contributed by atoms with Gasteiger partial charge in [0.25, 0.3) is 0 Å². The van der Waals surface area contributed by atoms with Crippen molar-refractivity contribution in [2.45, 2.75) is 13.1 Å². The molecule has 0 unspecified atom stereocenters. The van der Waals surface area contributed by atoms with Crippen LogP contribution in [0.4, 0.5) is 18.9 Å². The minimum atomic E-state index is -4.99. The molecule has 3 rings (SSSR count). The Labute approximate surface area is 146 Å². The first-order chi connectivity index (χ1) is 12.2. The van der Waals surface area contributed by atoms with Gasteiger partial charge in [0.05, 0.1) is 5.56 Å². The van der Waals surface area contributed by atoms with Gasteiger partial charge in [-0.05, 0) is 36.2 Å². The van der Waals surface area contributed by atoms with Gasteiger partial charge in [-0.15, -0.1) is 0 Å². The predicted octanol–water partition coefficient (Wildman–Crippen LogP) is 4.29. The Balaban J connectivity index is 2.12. The molecule has 0 radical (unpaired) electrons. The average Bonchev–Trinajstić information content (AvgIpc) is 2.59. The second-order valence-electron chi connectivity index (χ2n) is 5.85. The van der Waals surface area contributed by atoms with Gasteiger partial charge in [0, 0.05) is 18.1 Å². The Bertz CT molecular complexity index is 1050. The Morgan fingerprint density at radius 1 is 1.08 bits per heavy atom. The molecule has 26 heavy (non-hydrogen) atoms. The third-order valence-corrected chi connectivity index (χ3v) is 4.07. The largest absolute Gasteiger partial charge is 0.471 e. The summed E-state index contributed by atoms with van der Waals surface area (Å²) in [7, 11) is 1.05. The molecule has 0 N–H and O–H groups in total. The molecule has 0 aliphatic carbocycles. The second kappa shape index (κ2) is 6.33. The van der Waals surface area contributed by atoms with Gasteiger partial charge in [-0.2, -0.15) is 13.2 Å². The number of carbonyl (C=O) groups is 1. The molecule has 0 aliphatic heterocycles. The van der Waals surface area contributed by atoms with Crippen LogP contribution in [0.15, 0.2) is 57.7 Å². The normalized spacial score (nSPS) is 11.6. The quantitative estimate of drug-likeness (QED) is 0.640. The lowest BCUT2D eigenvalue weighted by atomic mass is 10.0. The Hall–Kier alpha value is -3.09. The summed E-state index contributed by atoms with van der Waals surface area (Å²) in [4.78, 5) is 24.3. The molecule has 1 aromatic heterocycles. The van der Waals surface area contributed by atoms with Crippen molar-refractivity contribution in [1.82, 2.24) is 0 Å². The highest BCUT2D eigenvalue weighted by Crippen LogP contribution is 2.30. The third-order valence-electron chi connectivity index (χ3n) is 4.07. The van der Waals surface area contributed by atoms with Crippen molar-refractivity contribution in [3.63, 3.8) is 0 Å². The number of halogens is 3. The zero-order valence-electron chi connectivity index (χ0n) is 13.9. The van der Waals surface area contributed by atoms with Gasteiger partial charge in [-0.1, -0.05) is 30.3 Å². The lowest BCUT2D eigenvalue weighted by Crippen LogP contribution is -2.38. The number of nitrogens with zero attached hydrogens (tertiary/aromatic N) is 1. The highest BCUT2D eigenvalue weighted by atomic mass is 19.4. The summed E-state index contributed by atoms with van der Waals surface area (Å²) in [5.74, 6) is -1.98. The van der Waals surface area contributed by atoms with Crippen LogP contribution in [0.25, 0.3) is 22.1 Å². The first-order valence-corrected chi connectivity index (χ1v) is 7.67. The Morgan fingerprint density at radius 2 is 1.77 bits per heavy atom. The number of fused-ring (bicyclic) bond motifs is 1. The number of rotatable bonds is 2. The molecule has 3 aromatic rings. The smallest absolute Gasteiger partial charge is 0.422 e. The predicted molar refractivity (Wildman–Crippen MR) is 92.1 cm³/mol. The Kier molecular flexibility index (Phi) is 4.31. The molecule has 7 heteroatoms. The van der Waals surface area contributed by atoms with E-state index in [2.05, 4.69) is 0 Å². The molecule has 1 amide bonds. The summed E-state index contributed by atoms with van der Waals surface area (Å²) in [5, 5.41) is 0.684. The molecule has 0 saturated heterocycles. The van der Waals surface area contributed by atoms with Gasteiger partial charge < -0.3 is 9.32 Å². The molecule has 0 fully saturated rings. The fourth-order valence-electron chi connectivity index (χ4n) is 2.70. The number of hydrogen-bond donors (Lipinski definition) is 0. The topological polar surface area (TPSA) is 50.5 Å². The van der Waals surface area contributed by atoms with E-state index in [1.54, 1.807) is 49.4 Å². The molecule has 0 aliphatic rings. The van der Waals surface area contributed by atoms with Crippen LogP contribution in [0, 0.1) is 6.92 Å². The maximum absolute atomic E-state index is 12.7. The van der Waals surface area contributed by atoms with Crippen LogP contribution >= 0.6 is 0 Å². The summed E-state index contributed by atoms with van der Waals surface area (Å²) >= 11 is 0. The molecule has 0 saturated carbocycles. The molecule has 2 aromatic carbocycles. The fraction of sp³-hybridized carbons (Fsp3) is 0.158. The maximum Gasteiger partial charge on any atom is 0.471 e. The van der Waals surface area contributed by atoms with Crippen molar-refractivity contribution in [2.24, 2.45) is 0 Å². The maximum atomic E-state index is 12.7. The van der Waals surface area contributed by atoms with Crippen molar-refractivity contribution in [2.75, 3.05) is 11.9 Å². The van der Waals surface area contributed by atoms with Gasteiger partial charge in [-0.3, -0.25) is 4.79 Å². The SMILES string of the molecule is Cc1ccc(-c2cc3ccccc3oc2=O)cc1N(C)C(=O)C(F)(F)F. The zero-order chi connectivity index (χ0) is 19.1. The van der Waals surface area contributed by atoms with Gasteiger partial charge in [0.15, 0.2) is 0 Å².